The van der Waals surface area contributed by atoms with E-state index in [-0.39, 0.29) is 11.2 Å². The minimum atomic E-state index is 0.109. The van der Waals surface area contributed by atoms with Gasteiger partial charge < -0.3 is 25.2 Å². The van der Waals surface area contributed by atoms with Gasteiger partial charge in [-0.1, -0.05) is 19.9 Å². The van der Waals surface area contributed by atoms with E-state index in [0.717, 1.165) is 31.1 Å². The van der Waals surface area contributed by atoms with Crippen LogP contribution in [0.1, 0.15) is 39.7 Å². The van der Waals surface area contributed by atoms with Crippen molar-refractivity contribution in [3.63, 3.8) is 0 Å². The van der Waals surface area contributed by atoms with Crippen LogP contribution in [0.15, 0.2) is 23.2 Å². The average molecular weight is 361 g/mol. The largest absolute Gasteiger partial charge is 0.504 e. The second-order valence-electron chi connectivity index (χ2n) is 7.62. The molecule has 0 spiro atoms. The van der Waals surface area contributed by atoms with Gasteiger partial charge in [0.05, 0.1) is 19.3 Å². The summed E-state index contributed by atoms with van der Waals surface area (Å²) in [5.41, 5.74) is 1.11. The highest BCUT2D eigenvalue weighted by Gasteiger charge is 2.59. The summed E-state index contributed by atoms with van der Waals surface area (Å²) in [6, 6.07) is 5.75. The summed E-state index contributed by atoms with van der Waals surface area (Å²) >= 11 is 0. The van der Waals surface area contributed by atoms with Crippen molar-refractivity contribution in [2.24, 2.45) is 16.3 Å². The molecule has 0 amide bonds. The number of phenols is 1. The number of guanidine groups is 1. The number of aromatic hydroxyl groups is 1. The highest BCUT2D eigenvalue weighted by molar-refractivity contribution is 5.80. The quantitative estimate of drug-likeness (QED) is 0.536. The molecule has 6 heteroatoms. The summed E-state index contributed by atoms with van der Waals surface area (Å²) in [7, 11) is 0. The number of aliphatic imine (C=N–C) groups is 1. The van der Waals surface area contributed by atoms with Gasteiger partial charge in [-0.15, -0.1) is 0 Å². The van der Waals surface area contributed by atoms with E-state index in [9.17, 15) is 5.11 Å². The van der Waals surface area contributed by atoms with Gasteiger partial charge in [0.15, 0.2) is 17.5 Å². The monoisotopic (exact) mass is 361 g/mol. The van der Waals surface area contributed by atoms with E-state index in [4.69, 9.17) is 14.5 Å². The number of benzene rings is 1. The topological polar surface area (TPSA) is 75.1 Å². The Labute approximate surface area is 156 Å². The van der Waals surface area contributed by atoms with Gasteiger partial charge in [0.25, 0.3) is 0 Å². The van der Waals surface area contributed by atoms with Gasteiger partial charge in [-0.3, -0.25) is 0 Å². The molecule has 144 valence electrons. The van der Waals surface area contributed by atoms with Crippen molar-refractivity contribution in [3.8, 4) is 11.5 Å². The van der Waals surface area contributed by atoms with E-state index in [1.807, 2.05) is 19.1 Å². The molecule has 0 radical (unpaired) electrons. The maximum atomic E-state index is 9.83. The van der Waals surface area contributed by atoms with Gasteiger partial charge in [-0.2, -0.15) is 0 Å². The number of rotatable bonds is 6. The Kier molecular flexibility index (Phi) is 5.61. The van der Waals surface area contributed by atoms with Gasteiger partial charge in [-0.05, 0) is 38.0 Å². The number of phenolic OH excluding ortho intramolecular Hbond substituents is 1. The highest BCUT2D eigenvalue weighted by atomic mass is 16.5. The Hall–Kier alpha value is -1.95. The van der Waals surface area contributed by atoms with E-state index in [1.54, 1.807) is 6.07 Å². The summed E-state index contributed by atoms with van der Waals surface area (Å²) in [6.45, 7) is 11.2. The minimum absolute atomic E-state index is 0.109. The zero-order valence-corrected chi connectivity index (χ0v) is 16.2. The van der Waals surface area contributed by atoms with E-state index in [0.29, 0.717) is 37.0 Å². The predicted molar refractivity (Wildman–Crippen MR) is 103 cm³/mol. The van der Waals surface area contributed by atoms with Crippen LogP contribution in [0.25, 0.3) is 0 Å². The summed E-state index contributed by atoms with van der Waals surface area (Å²) in [5, 5.41) is 16.8. The lowest BCUT2D eigenvalue weighted by Gasteiger charge is -2.54. The zero-order valence-electron chi connectivity index (χ0n) is 16.2. The standard InChI is InChI=1S/C20H31N3O3/c1-5-21-19(23-17-14-9-10-26-18(14)20(17,3)4)22-12-13-7-8-15(24)16(11-13)25-6-2/h7-8,11,14,17-18,24H,5-6,9-10,12H2,1-4H3,(H2,21,22,23). The summed E-state index contributed by atoms with van der Waals surface area (Å²) in [4.78, 5) is 4.73. The Bertz CT molecular complexity index is 660. The van der Waals surface area contributed by atoms with Gasteiger partial charge in [0.1, 0.15) is 0 Å². The molecule has 3 atom stereocenters. The number of fused-ring (bicyclic) bond motifs is 1. The Balaban J connectivity index is 1.69. The first-order chi connectivity index (χ1) is 12.5. The molecule has 2 fully saturated rings. The second kappa shape index (κ2) is 7.74. The van der Waals surface area contributed by atoms with Crippen LogP contribution in [0.5, 0.6) is 11.5 Å². The number of hydrogen-bond donors (Lipinski definition) is 3. The van der Waals surface area contributed by atoms with E-state index >= 15 is 0 Å². The van der Waals surface area contributed by atoms with E-state index in [1.165, 1.54) is 0 Å². The van der Waals surface area contributed by atoms with Gasteiger partial charge in [0.2, 0.25) is 0 Å². The molecule has 1 aliphatic heterocycles. The molecule has 0 bridgehead atoms. The number of ether oxygens (including phenoxy) is 2. The van der Waals surface area contributed by atoms with Crippen LogP contribution in [-0.4, -0.2) is 43.0 Å². The second-order valence-corrected chi connectivity index (χ2v) is 7.62. The van der Waals surface area contributed by atoms with E-state index in [2.05, 4.69) is 31.4 Å². The minimum Gasteiger partial charge on any atom is -0.504 e. The van der Waals surface area contributed by atoms with Crippen molar-refractivity contribution < 1.29 is 14.6 Å². The molecule has 1 saturated heterocycles. The van der Waals surface area contributed by atoms with Crippen LogP contribution < -0.4 is 15.4 Å². The van der Waals surface area contributed by atoms with Crippen molar-refractivity contribution in [3.05, 3.63) is 23.8 Å². The van der Waals surface area contributed by atoms with Crippen molar-refractivity contribution >= 4 is 5.96 Å². The molecule has 2 aliphatic rings. The van der Waals surface area contributed by atoms with Crippen LogP contribution in [-0.2, 0) is 11.3 Å². The summed E-state index contributed by atoms with van der Waals surface area (Å²) in [5.74, 6) is 2.05. The lowest BCUT2D eigenvalue weighted by molar-refractivity contribution is -0.106. The molecule has 1 saturated carbocycles. The Morgan fingerprint density at radius 2 is 2.19 bits per heavy atom. The molecule has 3 rings (SSSR count). The van der Waals surface area contributed by atoms with Crippen molar-refractivity contribution in [2.45, 2.75) is 52.8 Å². The van der Waals surface area contributed by atoms with Gasteiger partial charge >= 0.3 is 0 Å². The van der Waals surface area contributed by atoms with Crippen LogP contribution in [0.3, 0.4) is 0 Å². The third-order valence-corrected chi connectivity index (χ3v) is 5.48. The van der Waals surface area contributed by atoms with Crippen LogP contribution in [0.2, 0.25) is 0 Å². The molecular weight excluding hydrogens is 330 g/mol. The van der Waals surface area contributed by atoms with Crippen molar-refractivity contribution in [1.82, 2.24) is 10.6 Å². The van der Waals surface area contributed by atoms with Crippen LogP contribution >= 0.6 is 0 Å². The fraction of sp³-hybridized carbons (Fsp3) is 0.650. The molecule has 1 heterocycles. The lowest BCUT2D eigenvalue weighted by atomic mass is 9.57. The first-order valence-electron chi connectivity index (χ1n) is 9.58. The smallest absolute Gasteiger partial charge is 0.191 e. The normalized spacial score (nSPS) is 26.8. The fourth-order valence-electron chi connectivity index (χ4n) is 4.18. The summed E-state index contributed by atoms with van der Waals surface area (Å²) < 4.78 is 11.3. The third-order valence-electron chi connectivity index (χ3n) is 5.48. The Morgan fingerprint density at radius 3 is 2.92 bits per heavy atom. The van der Waals surface area contributed by atoms with Crippen molar-refractivity contribution in [2.75, 3.05) is 19.8 Å². The first kappa shape index (κ1) is 18.8. The fourth-order valence-corrected chi connectivity index (χ4v) is 4.18. The molecule has 3 N–H and O–H groups in total. The maximum Gasteiger partial charge on any atom is 0.191 e. The summed E-state index contributed by atoms with van der Waals surface area (Å²) in [6.07, 6.45) is 1.47. The molecule has 26 heavy (non-hydrogen) atoms. The molecule has 1 aromatic rings. The van der Waals surface area contributed by atoms with E-state index < -0.39 is 0 Å². The lowest BCUT2D eigenvalue weighted by Crippen LogP contribution is -2.67. The highest BCUT2D eigenvalue weighted by Crippen LogP contribution is 2.52. The predicted octanol–water partition coefficient (Wildman–Crippen LogP) is 2.66. The average Bonchev–Trinajstić information content (AvgIpc) is 3.07. The van der Waals surface area contributed by atoms with Gasteiger partial charge in [0, 0.05) is 30.5 Å². The SMILES string of the molecule is CCNC(=NCc1ccc(O)c(OCC)c1)NC1C2CCOC2C1(C)C. The van der Waals surface area contributed by atoms with Gasteiger partial charge in [-0.25, -0.2) is 4.99 Å². The van der Waals surface area contributed by atoms with Crippen LogP contribution in [0.4, 0.5) is 0 Å². The van der Waals surface area contributed by atoms with Crippen molar-refractivity contribution in [1.29, 1.82) is 0 Å². The third kappa shape index (κ3) is 3.61. The molecule has 1 aliphatic carbocycles. The number of hydrogen-bond acceptors (Lipinski definition) is 4. The first-order valence-corrected chi connectivity index (χ1v) is 9.58. The molecule has 3 unspecified atom stereocenters. The maximum absolute atomic E-state index is 9.83. The number of nitrogens with one attached hydrogen (secondary N) is 2. The molecule has 0 aromatic heterocycles. The zero-order chi connectivity index (χ0) is 18.7. The van der Waals surface area contributed by atoms with Crippen LogP contribution in [0, 0.1) is 11.3 Å². The Morgan fingerprint density at radius 1 is 1.38 bits per heavy atom. The number of nitrogens with zero attached hydrogens (tertiary/aromatic N) is 1. The molecule has 1 aromatic carbocycles. The molecular formula is C20H31N3O3. The molecule has 6 nitrogen and oxygen atoms in total.